The fourth-order valence-corrected chi connectivity index (χ4v) is 4.32. The Morgan fingerprint density at radius 1 is 1.36 bits per heavy atom. The fourth-order valence-electron chi connectivity index (χ4n) is 3.52. The van der Waals surface area contributed by atoms with Crippen LogP contribution < -0.4 is 4.72 Å². The van der Waals surface area contributed by atoms with Crippen LogP contribution >= 0.6 is 0 Å². The van der Waals surface area contributed by atoms with Gasteiger partial charge in [-0.3, -0.25) is 4.79 Å². The molecule has 0 bridgehead atoms. The number of aryl methyl sites for hydroxylation is 1. The number of fused-ring (bicyclic) bond motifs is 1. The average molecular weight is 364 g/mol. The molecular weight excluding hydrogens is 340 g/mol. The predicted octanol–water partition coefficient (Wildman–Crippen LogP) is 1.52. The van der Waals surface area contributed by atoms with Crippen LogP contribution in [0.3, 0.4) is 0 Å². The van der Waals surface area contributed by atoms with E-state index in [-0.39, 0.29) is 23.8 Å². The molecule has 8 heteroatoms. The molecule has 0 saturated carbocycles. The molecule has 25 heavy (non-hydrogen) atoms. The Balaban J connectivity index is 1.83. The van der Waals surface area contributed by atoms with E-state index in [1.54, 1.807) is 17.0 Å². The van der Waals surface area contributed by atoms with Gasteiger partial charge in [0.1, 0.15) is 5.82 Å². The minimum absolute atomic E-state index is 0.0856. The number of aromatic amines is 1. The summed E-state index contributed by atoms with van der Waals surface area (Å²) >= 11 is 0. The maximum absolute atomic E-state index is 12.9. The van der Waals surface area contributed by atoms with Crippen molar-refractivity contribution in [3.8, 4) is 0 Å². The first-order chi connectivity index (χ1) is 11.6. The largest absolute Gasteiger partial charge is 0.342 e. The molecular formula is C17H24N4O3S. The number of hydrogen-bond donors (Lipinski definition) is 2. The normalized spacial score (nSPS) is 21.4. The van der Waals surface area contributed by atoms with Gasteiger partial charge in [-0.15, -0.1) is 0 Å². The second kappa shape index (κ2) is 6.42. The van der Waals surface area contributed by atoms with Crippen LogP contribution in [0.1, 0.15) is 30.0 Å². The Morgan fingerprint density at radius 2 is 2.08 bits per heavy atom. The van der Waals surface area contributed by atoms with E-state index in [1.165, 1.54) is 0 Å². The zero-order valence-corrected chi connectivity index (χ0v) is 15.7. The highest BCUT2D eigenvalue weighted by Crippen LogP contribution is 2.26. The molecule has 1 aliphatic heterocycles. The van der Waals surface area contributed by atoms with Gasteiger partial charge in [-0.1, -0.05) is 13.8 Å². The fraction of sp³-hybridized carbons (Fsp3) is 0.529. The Kier molecular flexibility index (Phi) is 4.59. The molecule has 1 aliphatic rings. The van der Waals surface area contributed by atoms with E-state index < -0.39 is 10.0 Å². The van der Waals surface area contributed by atoms with Crippen molar-refractivity contribution >= 4 is 27.0 Å². The van der Waals surface area contributed by atoms with Crippen molar-refractivity contribution < 1.29 is 13.2 Å². The molecule has 2 aromatic rings. The van der Waals surface area contributed by atoms with Gasteiger partial charge >= 0.3 is 0 Å². The van der Waals surface area contributed by atoms with Crippen molar-refractivity contribution in [2.45, 2.75) is 26.8 Å². The SMILES string of the molecule is Cc1nc2ccc(C(=O)N3C[C@H](NS(C)(=O)=O)[C@@H](C(C)C)C3)cc2[nH]1. The summed E-state index contributed by atoms with van der Waals surface area (Å²) in [5, 5.41) is 0. The molecule has 1 fully saturated rings. The lowest BCUT2D eigenvalue weighted by Gasteiger charge is -2.21. The Labute approximate surface area is 147 Å². The van der Waals surface area contributed by atoms with E-state index in [0.717, 1.165) is 23.1 Å². The number of imidazole rings is 1. The van der Waals surface area contributed by atoms with Crippen LogP contribution in [0, 0.1) is 18.8 Å². The van der Waals surface area contributed by atoms with Crippen LogP contribution in [-0.4, -0.2) is 54.6 Å². The van der Waals surface area contributed by atoms with Crippen LogP contribution in [0.5, 0.6) is 0 Å². The number of carbonyl (C=O) groups is 1. The maximum Gasteiger partial charge on any atom is 0.253 e. The molecule has 2 heterocycles. The van der Waals surface area contributed by atoms with Crippen LogP contribution in [0.15, 0.2) is 18.2 Å². The zero-order valence-electron chi connectivity index (χ0n) is 14.9. The monoisotopic (exact) mass is 364 g/mol. The van der Waals surface area contributed by atoms with Gasteiger partial charge in [-0.2, -0.15) is 0 Å². The average Bonchev–Trinajstić information content (AvgIpc) is 3.06. The van der Waals surface area contributed by atoms with E-state index >= 15 is 0 Å². The van der Waals surface area contributed by atoms with E-state index in [0.29, 0.717) is 18.7 Å². The van der Waals surface area contributed by atoms with Gasteiger partial charge in [0, 0.05) is 24.7 Å². The quantitative estimate of drug-likeness (QED) is 0.860. The lowest BCUT2D eigenvalue weighted by atomic mass is 9.92. The summed E-state index contributed by atoms with van der Waals surface area (Å²) < 4.78 is 25.9. The molecule has 1 saturated heterocycles. The van der Waals surface area contributed by atoms with Crippen molar-refractivity contribution in [2.75, 3.05) is 19.3 Å². The molecule has 0 radical (unpaired) electrons. The first kappa shape index (κ1) is 17.9. The predicted molar refractivity (Wildman–Crippen MR) is 96.8 cm³/mol. The molecule has 1 aromatic carbocycles. The highest BCUT2D eigenvalue weighted by Gasteiger charge is 2.38. The number of nitrogens with zero attached hydrogens (tertiary/aromatic N) is 2. The summed E-state index contributed by atoms with van der Waals surface area (Å²) in [6, 6.07) is 5.15. The van der Waals surface area contributed by atoms with Crippen molar-refractivity contribution in [2.24, 2.45) is 11.8 Å². The minimum atomic E-state index is -3.32. The molecule has 7 nitrogen and oxygen atoms in total. The van der Waals surface area contributed by atoms with Crippen molar-refractivity contribution in [3.05, 3.63) is 29.6 Å². The third-order valence-corrected chi connectivity index (χ3v) is 5.45. The molecule has 1 amide bonds. The third-order valence-electron chi connectivity index (χ3n) is 4.72. The topological polar surface area (TPSA) is 95.2 Å². The second-order valence-electron chi connectivity index (χ2n) is 7.17. The minimum Gasteiger partial charge on any atom is -0.342 e. The van der Waals surface area contributed by atoms with E-state index in [1.807, 2.05) is 13.0 Å². The van der Waals surface area contributed by atoms with E-state index in [4.69, 9.17) is 0 Å². The highest BCUT2D eigenvalue weighted by atomic mass is 32.2. The summed E-state index contributed by atoms with van der Waals surface area (Å²) in [5.41, 5.74) is 2.24. The van der Waals surface area contributed by atoms with Crippen LogP contribution in [0.4, 0.5) is 0 Å². The van der Waals surface area contributed by atoms with E-state index in [9.17, 15) is 13.2 Å². The molecule has 0 spiro atoms. The number of carbonyl (C=O) groups excluding carboxylic acids is 1. The number of sulfonamides is 1. The number of amides is 1. The zero-order chi connectivity index (χ0) is 18.4. The Morgan fingerprint density at radius 3 is 2.72 bits per heavy atom. The van der Waals surface area contributed by atoms with Crippen molar-refractivity contribution in [3.63, 3.8) is 0 Å². The van der Waals surface area contributed by atoms with Crippen LogP contribution in [0.25, 0.3) is 11.0 Å². The van der Waals surface area contributed by atoms with Crippen LogP contribution in [0.2, 0.25) is 0 Å². The van der Waals surface area contributed by atoms with Gasteiger partial charge in [0.05, 0.1) is 17.3 Å². The van der Waals surface area contributed by atoms with Crippen LogP contribution in [-0.2, 0) is 10.0 Å². The molecule has 2 atom stereocenters. The summed E-state index contributed by atoms with van der Waals surface area (Å²) in [5.74, 6) is 1.09. The molecule has 0 aliphatic carbocycles. The smallest absolute Gasteiger partial charge is 0.253 e. The lowest BCUT2D eigenvalue weighted by molar-refractivity contribution is 0.0783. The number of rotatable bonds is 4. The van der Waals surface area contributed by atoms with Gasteiger partial charge in [-0.25, -0.2) is 18.1 Å². The van der Waals surface area contributed by atoms with Gasteiger partial charge in [0.25, 0.3) is 5.91 Å². The molecule has 1 aromatic heterocycles. The number of benzene rings is 1. The summed E-state index contributed by atoms with van der Waals surface area (Å²) in [6.07, 6.45) is 1.16. The number of H-pyrrole nitrogens is 1. The van der Waals surface area contributed by atoms with Gasteiger partial charge in [-0.05, 0) is 37.0 Å². The Bertz CT molecular complexity index is 904. The van der Waals surface area contributed by atoms with Gasteiger partial charge < -0.3 is 9.88 Å². The molecule has 136 valence electrons. The number of likely N-dealkylation sites (tertiary alicyclic amines) is 1. The third kappa shape index (κ3) is 3.85. The standard InChI is InChI=1S/C17H24N4O3S/c1-10(2)13-8-21(9-16(13)20-25(4,23)24)17(22)12-5-6-14-15(7-12)19-11(3)18-14/h5-7,10,13,16,20H,8-9H2,1-4H3,(H,18,19)/t13-,16+/m1/s1. The second-order valence-corrected chi connectivity index (χ2v) is 8.95. The summed E-state index contributed by atoms with van der Waals surface area (Å²) in [4.78, 5) is 22.1. The lowest BCUT2D eigenvalue weighted by Crippen LogP contribution is -2.41. The molecule has 0 unspecified atom stereocenters. The van der Waals surface area contributed by atoms with Gasteiger partial charge in [0.2, 0.25) is 10.0 Å². The first-order valence-electron chi connectivity index (χ1n) is 8.37. The first-order valence-corrected chi connectivity index (χ1v) is 10.3. The number of hydrogen-bond acceptors (Lipinski definition) is 4. The van der Waals surface area contributed by atoms with Gasteiger partial charge in [0.15, 0.2) is 0 Å². The molecule has 2 N–H and O–H groups in total. The summed E-state index contributed by atoms with van der Waals surface area (Å²) in [6.45, 7) is 6.90. The van der Waals surface area contributed by atoms with Crippen molar-refractivity contribution in [1.29, 1.82) is 0 Å². The highest BCUT2D eigenvalue weighted by molar-refractivity contribution is 7.88. The van der Waals surface area contributed by atoms with E-state index in [2.05, 4.69) is 28.5 Å². The van der Waals surface area contributed by atoms with Crippen molar-refractivity contribution in [1.82, 2.24) is 19.6 Å². The maximum atomic E-state index is 12.9. The Hall–Kier alpha value is -1.93. The summed E-state index contributed by atoms with van der Waals surface area (Å²) in [7, 11) is -3.32. The molecule has 3 rings (SSSR count). The number of aromatic nitrogens is 2. The number of nitrogens with one attached hydrogen (secondary N) is 2.